The van der Waals surface area contributed by atoms with E-state index in [2.05, 4.69) is 15.3 Å². The molecule has 2 heterocycles. The van der Waals surface area contributed by atoms with E-state index in [1.54, 1.807) is 0 Å². The normalized spacial score (nSPS) is 14.1. The summed E-state index contributed by atoms with van der Waals surface area (Å²) in [6.07, 6.45) is 4.84. The molecular weight excluding hydrogens is 314 g/mol. The van der Waals surface area contributed by atoms with Crippen LogP contribution in [0.4, 0.5) is 11.5 Å². The third kappa shape index (κ3) is 2.46. The van der Waals surface area contributed by atoms with Gasteiger partial charge >= 0.3 is 0 Å². The van der Waals surface area contributed by atoms with Gasteiger partial charge in [-0.1, -0.05) is 17.7 Å². The summed E-state index contributed by atoms with van der Waals surface area (Å²) in [7, 11) is 0. The van der Waals surface area contributed by atoms with Gasteiger partial charge in [0.05, 0.1) is 5.39 Å². The summed E-state index contributed by atoms with van der Waals surface area (Å²) in [5.74, 6) is 1.71. The van der Waals surface area contributed by atoms with Gasteiger partial charge in [-0.05, 0) is 56.4 Å². The van der Waals surface area contributed by atoms with Gasteiger partial charge < -0.3 is 5.32 Å². The molecule has 1 aromatic carbocycles. The molecule has 0 amide bonds. The molecule has 0 saturated carbocycles. The Labute approximate surface area is 138 Å². The van der Waals surface area contributed by atoms with E-state index >= 15 is 0 Å². The first-order valence-corrected chi connectivity index (χ1v) is 8.71. The number of hydrogen-bond donors (Lipinski definition) is 1. The number of aryl methyl sites for hydroxylation is 3. The lowest BCUT2D eigenvalue weighted by Crippen LogP contribution is -2.02. The van der Waals surface area contributed by atoms with E-state index < -0.39 is 0 Å². The van der Waals surface area contributed by atoms with Crippen molar-refractivity contribution in [3.8, 4) is 0 Å². The largest absolute Gasteiger partial charge is 0.340 e. The maximum atomic E-state index is 6.08. The minimum atomic E-state index is 0.722. The van der Waals surface area contributed by atoms with Crippen molar-refractivity contribution in [3.63, 3.8) is 0 Å². The number of hydrogen-bond acceptors (Lipinski definition) is 4. The molecule has 2 aromatic heterocycles. The zero-order valence-corrected chi connectivity index (χ0v) is 13.9. The monoisotopic (exact) mass is 329 g/mol. The first-order chi connectivity index (χ1) is 10.7. The van der Waals surface area contributed by atoms with Crippen LogP contribution in [0.2, 0.25) is 5.02 Å². The second-order valence-electron chi connectivity index (χ2n) is 5.65. The lowest BCUT2D eigenvalue weighted by molar-refractivity contribution is 0.700. The lowest BCUT2D eigenvalue weighted by Gasteiger charge is -2.13. The summed E-state index contributed by atoms with van der Waals surface area (Å²) in [4.78, 5) is 11.9. The third-order valence-electron chi connectivity index (χ3n) is 4.01. The molecule has 112 valence electrons. The van der Waals surface area contributed by atoms with Crippen LogP contribution in [0.1, 0.15) is 29.1 Å². The van der Waals surface area contributed by atoms with Crippen molar-refractivity contribution >= 4 is 44.7 Å². The summed E-state index contributed by atoms with van der Waals surface area (Å²) in [6, 6.07) is 7.75. The van der Waals surface area contributed by atoms with Gasteiger partial charge in [-0.3, -0.25) is 0 Å². The van der Waals surface area contributed by atoms with Crippen molar-refractivity contribution in [1.29, 1.82) is 0 Å². The number of benzene rings is 1. The summed E-state index contributed by atoms with van der Waals surface area (Å²) in [5, 5.41) is 5.36. The second-order valence-corrected chi connectivity index (χ2v) is 7.17. The molecule has 1 aliphatic rings. The minimum Gasteiger partial charge on any atom is -0.340 e. The molecule has 0 atom stereocenters. The molecule has 3 aromatic rings. The van der Waals surface area contributed by atoms with Crippen LogP contribution >= 0.6 is 22.9 Å². The van der Waals surface area contributed by atoms with Crippen LogP contribution < -0.4 is 5.32 Å². The van der Waals surface area contributed by atoms with Gasteiger partial charge in [0.1, 0.15) is 16.5 Å². The molecule has 22 heavy (non-hydrogen) atoms. The Kier molecular flexibility index (Phi) is 3.51. The fourth-order valence-corrected chi connectivity index (χ4v) is 4.55. The highest BCUT2D eigenvalue weighted by Crippen LogP contribution is 2.39. The molecule has 4 rings (SSSR count). The molecule has 0 aliphatic heterocycles. The highest BCUT2D eigenvalue weighted by molar-refractivity contribution is 7.19. The van der Waals surface area contributed by atoms with Crippen molar-refractivity contribution < 1.29 is 0 Å². The van der Waals surface area contributed by atoms with Crippen LogP contribution in [0.15, 0.2) is 24.3 Å². The van der Waals surface area contributed by atoms with Crippen molar-refractivity contribution in [2.45, 2.75) is 32.6 Å². The molecular formula is C17H16ClN3S. The Morgan fingerprint density at radius 1 is 1.18 bits per heavy atom. The zero-order valence-electron chi connectivity index (χ0n) is 12.3. The first kappa shape index (κ1) is 14.0. The topological polar surface area (TPSA) is 37.8 Å². The summed E-state index contributed by atoms with van der Waals surface area (Å²) in [5.41, 5.74) is 2.40. The van der Waals surface area contributed by atoms with Gasteiger partial charge in [-0.15, -0.1) is 11.3 Å². The molecule has 3 nitrogen and oxygen atoms in total. The average molecular weight is 330 g/mol. The summed E-state index contributed by atoms with van der Waals surface area (Å²) < 4.78 is 0. The molecule has 1 aliphatic carbocycles. The van der Waals surface area contributed by atoms with Gasteiger partial charge in [0.2, 0.25) is 0 Å². The number of fused-ring (bicyclic) bond motifs is 3. The smallest absolute Gasteiger partial charge is 0.143 e. The highest BCUT2D eigenvalue weighted by atomic mass is 35.5. The van der Waals surface area contributed by atoms with Gasteiger partial charge in [0.25, 0.3) is 0 Å². The van der Waals surface area contributed by atoms with E-state index in [9.17, 15) is 0 Å². The molecule has 0 spiro atoms. The Balaban J connectivity index is 1.87. The fourth-order valence-electron chi connectivity index (χ4n) is 3.06. The standard InChI is InChI=1S/C17H16ClN3S/c1-10-19-16(21-12-6-4-5-11(18)9-12)15-13-7-2-3-8-14(13)22-17(15)20-10/h4-6,9H,2-3,7-8H2,1H3,(H,19,20,21). The van der Waals surface area contributed by atoms with Crippen LogP contribution in [0, 0.1) is 6.92 Å². The zero-order chi connectivity index (χ0) is 15.1. The van der Waals surface area contributed by atoms with E-state index in [-0.39, 0.29) is 0 Å². The van der Waals surface area contributed by atoms with Gasteiger partial charge in [0, 0.05) is 15.6 Å². The molecule has 0 fully saturated rings. The van der Waals surface area contributed by atoms with E-state index in [4.69, 9.17) is 11.6 Å². The number of nitrogens with one attached hydrogen (secondary N) is 1. The maximum Gasteiger partial charge on any atom is 0.143 e. The van der Waals surface area contributed by atoms with Crippen molar-refractivity contribution in [3.05, 3.63) is 45.6 Å². The first-order valence-electron chi connectivity index (χ1n) is 7.52. The molecule has 1 N–H and O–H groups in total. The van der Waals surface area contributed by atoms with Crippen molar-refractivity contribution in [1.82, 2.24) is 9.97 Å². The number of aromatic nitrogens is 2. The molecule has 0 bridgehead atoms. The van der Waals surface area contributed by atoms with Crippen LogP contribution in [0.5, 0.6) is 0 Å². The van der Waals surface area contributed by atoms with E-state index in [0.717, 1.165) is 33.6 Å². The van der Waals surface area contributed by atoms with Crippen LogP contribution in [-0.4, -0.2) is 9.97 Å². The maximum absolute atomic E-state index is 6.08. The number of nitrogens with zero attached hydrogens (tertiary/aromatic N) is 2. The number of thiophene rings is 1. The lowest BCUT2D eigenvalue weighted by atomic mass is 9.97. The van der Waals surface area contributed by atoms with Crippen molar-refractivity contribution in [2.75, 3.05) is 5.32 Å². The summed E-state index contributed by atoms with van der Waals surface area (Å²) in [6.45, 7) is 1.95. The Hall–Kier alpha value is -1.65. The highest BCUT2D eigenvalue weighted by Gasteiger charge is 2.20. The molecule has 0 unspecified atom stereocenters. The van der Waals surface area contributed by atoms with Crippen molar-refractivity contribution in [2.24, 2.45) is 0 Å². The SMILES string of the molecule is Cc1nc(Nc2cccc(Cl)c2)c2c3c(sc2n1)CCCC3. The van der Waals surface area contributed by atoms with Crippen LogP contribution in [-0.2, 0) is 12.8 Å². The Morgan fingerprint density at radius 3 is 2.91 bits per heavy atom. The van der Waals surface area contributed by atoms with Gasteiger partial charge in [0.15, 0.2) is 0 Å². The molecule has 5 heteroatoms. The van der Waals surface area contributed by atoms with E-state index in [1.807, 2.05) is 42.5 Å². The predicted octanol–water partition coefficient (Wildman–Crippen LogP) is 5.28. The second kappa shape index (κ2) is 5.52. The number of rotatable bonds is 2. The average Bonchev–Trinajstić information content (AvgIpc) is 2.85. The van der Waals surface area contributed by atoms with E-state index in [1.165, 1.54) is 35.1 Å². The molecule has 0 radical (unpaired) electrons. The van der Waals surface area contributed by atoms with Gasteiger partial charge in [-0.2, -0.15) is 0 Å². The van der Waals surface area contributed by atoms with Gasteiger partial charge in [-0.25, -0.2) is 9.97 Å². The fraction of sp³-hybridized carbons (Fsp3) is 0.294. The quantitative estimate of drug-likeness (QED) is 0.695. The third-order valence-corrected chi connectivity index (χ3v) is 5.43. The Bertz CT molecular complexity index is 856. The predicted molar refractivity (Wildman–Crippen MR) is 93.5 cm³/mol. The molecule has 0 saturated heterocycles. The van der Waals surface area contributed by atoms with E-state index in [0.29, 0.717) is 0 Å². The van der Waals surface area contributed by atoms with Crippen LogP contribution in [0.25, 0.3) is 10.2 Å². The number of anilines is 2. The summed E-state index contributed by atoms with van der Waals surface area (Å²) >= 11 is 7.91. The minimum absolute atomic E-state index is 0.722. The number of halogens is 1. The van der Waals surface area contributed by atoms with Crippen LogP contribution in [0.3, 0.4) is 0 Å². The Morgan fingerprint density at radius 2 is 2.05 bits per heavy atom.